The van der Waals surface area contributed by atoms with Crippen molar-refractivity contribution in [2.75, 3.05) is 5.73 Å². The first-order chi connectivity index (χ1) is 9.34. The quantitative estimate of drug-likeness (QED) is 0.753. The van der Waals surface area contributed by atoms with Crippen molar-refractivity contribution in [3.05, 3.63) is 54.9 Å². The molecule has 1 aromatic carbocycles. The molecule has 0 amide bonds. The van der Waals surface area contributed by atoms with Gasteiger partial charge in [0.2, 0.25) is 0 Å². The minimum atomic E-state index is 0.398. The monoisotopic (exact) mass is 249 g/mol. The zero-order chi connectivity index (χ0) is 13.1. The Morgan fingerprint density at radius 1 is 0.947 bits per heavy atom. The summed E-state index contributed by atoms with van der Waals surface area (Å²) in [7, 11) is 0. The summed E-state index contributed by atoms with van der Waals surface area (Å²) in [4.78, 5) is 8.65. The van der Waals surface area contributed by atoms with Crippen molar-refractivity contribution in [2.24, 2.45) is 0 Å². The van der Waals surface area contributed by atoms with Crippen molar-refractivity contribution in [1.29, 1.82) is 0 Å². The Bertz CT molecular complexity index is 683. The second kappa shape index (κ2) is 4.81. The van der Waals surface area contributed by atoms with Gasteiger partial charge in [0, 0.05) is 18.0 Å². The summed E-state index contributed by atoms with van der Waals surface area (Å²) in [6, 6.07) is 13.3. The Kier molecular flexibility index (Phi) is 2.86. The minimum absolute atomic E-state index is 0.398. The highest BCUT2D eigenvalue weighted by Crippen LogP contribution is 2.23. The second-order valence-electron chi connectivity index (χ2n) is 3.97. The SMILES string of the molecule is Nc1nc(-c2ccccc2)ncc1-c1cccnn1. The van der Waals surface area contributed by atoms with Crippen molar-refractivity contribution in [2.45, 2.75) is 0 Å². The summed E-state index contributed by atoms with van der Waals surface area (Å²) in [5.74, 6) is 1.00. The number of nitrogen functional groups attached to an aromatic ring is 1. The fourth-order valence-corrected chi connectivity index (χ4v) is 1.76. The van der Waals surface area contributed by atoms with Crippen LogP contribution in [0.5, 0.6) is 0 Å². The van der Waals surface area contributed by atoms with Crippen molar-refractivity contribution in [3.8, 4) is 22.6 Å². The first kappa shape index (κ1) is 11.3. The van der Waals surface area contributed by atoms with Gasteiger partial charge in [0.15, 0.2) is 5.82 Å². The Balaban J connectivity index is 2.04. The van der Waals surface area contributed by atoms with Gasteiger partial charge in [-0.25, -0.2) is 9.97 Å². The topological polar surface area (TPSA) is 77.6 Å². The van der Waals surface area contributed by atoms with E-state index >= 15 is 0 Å². The number of hydrogen-bond donors (Lipinski definition) is 1. The predicted molar refractivity (Wildman–Crippen MR) is 72.9 cm³/mol. The van der Waals surface area contributed by atoms with Crippen LogP contribution in [0.2, 0.25) is 0 Å². The van der Waals surface area contributed by atoms with Gasteiger partial charge in [0.25, 0.3) is 0 Å². The molecule has 0 spiro atoms. The molecule has 0 aliphatic carbocycles. The number of anilines is 1. The zero-order valence-electron chi connectivity index (χ0n) is 10.1. The van der Waals surface area contributed by atoms with Crippen LogP contribution in [0.1, 0.15) is 0 Å². The zero-order valence-corrected chi connectivity index (χ0v) is 10.1. The van der Waals surface area contributed by atoms with Gasteiger partial charge < -0.3 is 5.73 Å². The van der Waals surface area contributed by atoms with Crippen LogP contribution in [0.25, 0.3) is 22.6 Å². The molecule has 0 bridgehead atoms. The molecule has 0 fully saturated rings. The predicted octanol–water partition coefficient (Wildman–Crippen LogP) is 2.18. The van der Waals surface area contributed by atoms with E-state index in [9.17, 15) is 0 Å². The van der Waals surface area contributed by atoms with Crippen LogP contribution in [0.4, 0.5) is 5.82 Å². The third-order valence-electron chi connectivity index (χ3n) is 2.70. The van der Waals surface area contributed by atoms with Crippen LogP contribution in [0, 0.1) is 0 Å². The van der Waals surface area contributed by atoms with E-state index in [2.05, 4.69) is 20.2 Å². The smallest absolute Gasteiger partial charge is 0.161 e. The van der Waals surface area contributed by atoms with Gasteiger partial charge in [-0.1, -0.05) is 30.3 Å². The van der Waals surface area contributed by atoms with Gasteiger partial charge in [-0.3, -0.25) is 0 Å². The van der Waals surface area contributed by atoms with Crippen molar-refractivity contribution >= 4 is 5.82 Å². The molecule has 3 aromatic rings. The number of nitrogens with two attached hydrogens (primary N) is 1. The van der Waals surface area contributed by atoms with Crippen LogP contribution in [-0.2, 0) is 0 Å². The molecule has 0 aliphatic heterocycles. The standard InChI is InChI=1S/C14H11N5/c15-13-11(12-7-4-8-17-19-12)9-16-14(18-13)10-5-2-1-3-6-10/h1-9H,(H2,15,16,18). The van der Waals surface area contributed by atoms with Gasteiger partial charge in [0.05, 0.1) is 11.3 Å². The third-order valence-corrected chi connectivity index (χ3v) is 2.70. The van der Waals surface area contributed by atoms with Crippen molar-refractivity contribution < 1.29 is 0 Å². The maximum atomic E-state index is 5.97. The average molecular weight is 249 g/mol. The molecule has 5 nitrogen and oxygen atoms in total. The van der Waals surface area contributed by atoms with Crippen LogP contribution in [-0.4, -0.2) is 20.2 Å². The molecule has 0 saturated heterocycles. The fraction of sp³-hybridized carbons (Fsp3) is 0. The normalized spacial score (nSPS) is 10.3. The molecule has 0 aliphatic rings. The highest BCUT2D eigenvalue weighted by atomic mass is 15.1. The van der Waals surface area contributed by atoms with Gasteiger partial charge >= 0.3 is 0 Å². The molecular weight excluding hydrogens is 238 g/mol. The van der Waals surface area contributed by atoms with E-state index in [1.165, 1.54) is 0 Å². The van der Waals surface area contributed by atoms with Crippen LogP contribution in [0.3, 0.4) is 0 Å². The molecule has 2 N–H and O–H groups in total. The molecule has 2 aromatic heterocycles. The number of nitrogens with zero attached hydrogens (tertiary/aromatic N) is 4. The second-order valence-corrected chi connectivity index (χ2v) is 3.97. The Labute approximate surface area is 110 Å². The van der Waals surface area contributed by atoms with E-state index in [1.807, 2.05) is 36.4 Å². The summed E-state index contributed by atoms with van der Waals surface area (Å²) in [6.45, 7) is 0. The van der Waals surface area contributed by atoms with Gasteiger partial charge in [-0.05, 0) is 12.1 Å². The molecule has 2 heterocycles. The number of benzene rings is 1. The lowest BCUT2D eigenvalue weighted by molar-refractivity contribution is 1.03. The summed E-state index contributed by atoms with van der Waals surface area (Å²) in [6.07, 6.45) is 3.29. The molecule has 3 rings (SSSR count). The maximum Gasteiger partial charge on any atom is 0.161 e. The molecule has 5 heteroatoms. The van der Waals surface area contributed by atoms with Crippen LogP contribution in [0.15, 0.2) is 54.9 Å². The van der Waals surface area contributed by atoms with Crippen molar-refractivity contribution in [3.63, 3.8) is 0 Å². The van der Waals surface area contributed by atoms with E-state index in [1.54, 1.807) is 18.5 Å². The fourth-order valence-electron chi connectivity index (χ4n) is 1.76. The van der Waals surface area contributed by atoms with E-state index in [0.717, 1.165) is 5.56 Å². The number of rotatable bonds is 2. The van der Waals surface area contributed by atoms with E-state index < -0.39 is 0 Å². The molecular formula is C14H11N5. The molecule has 0 atom stereocenters. The number of aromatic nitrogens is 4. The van der Waals surface area contributed by atoms with Crippen molar-refractivity contribution in [1.82, 2.24) is 20.2 Å². The maximum absolute atomic E-state index is 5.97. The van der Waals surface area contributed by atoms with Gasteiger partial charge in [-0.2, -0.15) is 10.2 Å². The van der Waals surface area contributed by atoms with Crippen LogP contribution >= 0.6 is 0 Å². The first-order valence-corrected chi connectivity index (χ1v) is 5.80. The highest BCUT2D eigenvalue weighted by molar-refractivity contribution is 5.71. The lowest BCUT2D eigenvalue weighted by atomic mass is 10.2. The molecule has 0 saturated carbocycles. The van der Waals surface area contributed by atoms with Crippen LogP contribution < -0.4 is 5.73 Å². The van der Waals surface area contributed by atoms with Gasteiger partial charge in [0.1, 0.15) is 5.82 Å². The lowest BCUT2D eigenvalue weighted by Gasteiger charge is -2.05. The Morgan fingerprint density at radius 3 is 2.47 bits per heavy atom. The molecule has 92 valence electrons. The molecule has 0 unspecified atom stereocenters. The summed E-state index contributed by atoms with van der Waals surface area (Å²) >= 11 is 0. The summed E-state index contributed by atoms with van der Waals surface area (Å²) in [5, 5.41) is 7.82. The molecule has 19 heavy (non-hydrogen) atoms. The van der Waals surface area contributed by atoms with E-state index in [0.29, 0.717) is 22.9 Å². The summed E-state index contributed by atoms with van der Waals surface area (Å²) < 4.78 is 0. The van der Waals surface area contributed by atoms with E-state index in [-0.39, 0.29) is 0 Å². The first-order valence-electron chi connectivity index (χ1n) is 5.80. The Morgan fingerprint density at radius 2 is 1.79 bits per heavy atom. The third kappa shape index (κ3) is 2.26. The number of hydrogen-bond acceptors (Lipinski definition) is 5. The van der Waals surface area contributed by atoms with E-state index in [4.69, 9.17) is 5.73 Å². The van der Waals surface area contributed by atoms with Gasteiger partial charge in [-0.15, -0.1) is 0 Å². The highest BCUT2D eigenvalue weighted by Gasteiger charge is 2.08. The molecule has 0 radical (unpaired) electrons. The summed E-state index contributed by atoms with van der Waals surface area (Å²) in [5.41, 5.74) is 8.26. The largest absolute Gasteiger partial charge is 0.383 e. The lowest BCUT2D eigenvalue weighted by Crippen LogP contribution is -2.00. The minimum Gasteiger partial charge on any atom is -0.383 e. The Hall–Kier alpha value is -2.82. The average Bonchev–Trinajstić information content (AvgIpc) is 2.49.